The third-order valence-corrected chi connectivity index (χ3v) is 11.2. The second-order valence-electron chi connectivity index (χ2n) is 15.4. The summed E-state index contributed by atoms with van der Waals surface area (Å²) < 4.78 is 0. The fourth-order valence-electron chi connectivity index (χ4n) is 7.16. The van der Waals surface area contributed by atoms with Crippen LogP contribution in [0.25, 0.3) is 43.8 Å². The van der Waals surface area contributed by atoms with Gasteiger partial charge in [0.1, 0.15) is 0 Å². The van der Waals surface area contributed by atoms with Gasteiger partial charge in [-0.1, -0.05) is 153 Å². The number of fused-ring (bicyclic) bond motifs is 2. The van der Waals surface area contributed by atoms with Crippen molar-refractivity contribution < 1.29 is 30.4 Å². The van der Waals surface area contributed by atoms with Gasteiger partial charge in [0.15, 0.2) is 0 Å². The van der Waals surface area contributed by atoms with Gasteiger partial charge in [-0.15, -0.1) is 69.1 Å². The Labute approximate surface area is 381 Å². The molecule has 0 bridgehead atoms. The van der Waals surface area contributed by atoms with Crippen LogP contribution < -0.4 is 10.5 Å². The van der Waals surface area contributed by atoms with E-state index in [4.69, 9.17) is 17.0 Å². The van der Waals surface area contributed by atoms with Gasteiger partial charge in [-0.25, -0.2) is 0 Å². The summed E-state index contributed by atoms with van der Waals surface area (Å²) in [6.07, 6.45) is 10.6. The van der Waals surface area contributed by atoms with Gasteiger partial charge in [0.2, 0.25) is 11.8 Å². The van der Waals surface area contributed by atoms with Crippen LogP contribution in [0.2, 0.25) is 0 Å². The molecule has 1 radical (unpaired) electrons. The summed E-state index contributed by atoms with van der Waals surface area (Å²) in [5.41, 5.74) is 11.5. The van der Waals surface area contributed by atoms with Gasteiger partial charge in [-0.05, 0) is 59.8 Å². The van der Waals surface area contributed by atoms with Crippen molar-refractivity contribution in [1.82, 2.24) is 10.5 Å². The molecule has 6 aromatic carbocycles. The number of halogens is 2. The van der Waals surface area contributed by atoms with Crippen LogP contribution in [0.1, 0.15) is 141 Å². The van der Waals surface area contributed by atoms with Crippen LogP contribution in [-0.4, -0.2) is 19.4 Å². The molecule has 2 amide bonds. The van der Waals surface area contributed by atoms with E-state index in [1.807, 2.05) is 0 Å². The van der Waals surface area contributed by atoms with E-state index >= 15 is 0 Å². The molecule has 0 aliphatic rings. The third-order valence-electron chi connectivity index (χ3n) is 11.2. The molecular formula is C52H66BCl2N2O2Zr. The zero-order chi connectivity index (χ0) is 43.9. The molecule has 317 valence electrons. The average Bonchev–Trinajstić information content (AvgIpc) is 3.93. The van der Waals surface area contributed by atoms with Gasteiger partial charge < -0.3 is 10.5 Å². The molecule has 0 saturated heterocycles. The Bertz CT molecular complexity index is 2020. The van der Waals surface area contributed by atoms with Crippen molar-refractivity contribution in [1.29, 1.82) is 0 Å². The molecule has 2 unspecified atom stereocenters. The Morgan fingerprint density at radius 2 is 0.950 bits per heavy atom. The van der Waals surface area contributed by atoms with E-state index < -0.39 is 20.8 Å². The summed E-state index contributed by atoms with van der Waals surface area (Å²) >= 11 is -0.826. The molecule has 2 atom stereocenters. The Morgan fingerprint density at radius 1 is 0.583 bits per heavy atom. The van der Waals surface area contributed by atoms with Crippen LogP contribution in [-0.2, 0) is 43.3 Å². The standard InChI is InChI=1S/2C23H27.C6H12BN2O2.2ClH.Zr/c2*1-4-6-10-18-11-7-8-13-21(18)22-14-9-12-19-15-20(16-23(19)22)17(3)5-2;1-3-5(10)8-7-9-6(11)4-2;;;/h2*7-9,11-17H,4-6,10H2,1-3H3;3-4H2,1-2H3,(H,8,10)(H,9,11);2*1H;/q2*-1;;;;+4/p-2. The molecule has 2 N–H and O–H groups in total. The SMILES string of the molecule is CCC(=O)N[B]NC(=O)CC.CCCCc1ccccc1-c1cccc2[cH-]c(C(C)CC)cc12.CCCCc1ccccc1-c1cccc2[cH-]c(C(C)CC)cc12.[Cl][Zr+2][Cl]. The van der Waals surface area contributed by atoms with E-state index in [2.05, 4.69) is 161 Å². The number of hydrogen-bond acceptors (Lipinski definition) is 2. The van der Waals surface area contributed by atoms with Gasteiger partial charge in [0, 0.05) is 12.8 Å². The van der Waals surface area contributed by atoms with Crippen molar-refractivity contribution in [2.75, 3.05) is 0 Å². The van der Waals surface area contributed by atoms with Gasteiger partial charge in [-0.2, -0.15) is 12.1 Å². The zero-order valence-electron chi connectivity index (χ0n) is 37.3. The molecule has 0 fully saturated rings. The number of amides is 2. The van der Waals surface area contributed by atoms with Crippen LogP contribution in [0.3, 0.4) is 0 Å². The van der Waals surface area contributed by atoms with Gasteiger partial charge >= 0.3 is 45.4 Å². The third kappa shape index (κ3) is 15.5. The fourth-order valence-corrected chi connectivity index (χ4v) is 7.16. The molecule has 0 saturated carbocycles. The normalized spacial score (nSPS) is 11.4. The number of rotatable bonds is 16. The Morgan fingerprint density at radius 3 is 1.30 bits per heavy atom. The molecule has 60 heavy (non-hydrogen) atoms. The fraction of sp³-hybridized carbons (Fsp3) is 0.385. The first-order chi connectivity index (χ1) is 29.1. The molecular weight excluding hydrogens is 858 g/mol. The van der Waals surface area contributed by atoms with Crippen LogP contribution in [0.4, 0.5) is 0 Å². The Kier molecular flexibility index (Phi) is 24.0. The quantitative estimate of drug-likeness (QED) is 0.0751. The summed E-state index contributed by atoms with van der Waals surface area (Å²) in [5, 5.41) is 10.4. The van der Waals surface area contributed by atoms with Crippen molar-refractivity contribution in [3.63, 3.8) is 0 Å². The van der Waals surface area contributed by atoms with Gasteiger partial charge in [0.05, 0.1) is 0 Å². The van der Waals surface area contributed by atoms with Crippen molar-refractivity contribution in [3.8, 4) is 22.3 Å². The summed E-state index contributed by atoms with van der Waals surface area (Å²) in [4.78, 5) is 21.2. The Hall–Kier alpha value is -3.43. The topological polar surface area (TPSA) is 58.2 Å². The van der Waals surface area contributed by atoms with E-state index in [1.165, 1.54) is 125 Å². The maximum atomic E-state index is 10.6. The summed E-state index contributed by atoms with van der Waals surface area (Å²) in [7, 11) is 11.1. The predicted octanol–water partition coefficient (Wildman–Crippen LogP) is 15.1. The number of unbranched alkanes of at least 4 members (excludes halogenated alkanes) is 2. The van der Waals surface area contributed by atoms with Crippen molar-refractivity contribution in [2.24, 2.45) is 0 Å². The van der Waals surface area contributed by atoms with E-state index in [0.717, 1.165) is 0 Å². The van der Waals surface area contributed by atoms with E-state index in [-0.39, 0.29) is 11.8 Å². The number of carbonyl (C=O) groups excluding carboxylic acids is 2. The molecule has 0 aliphatic carbocycles. The van der Waals surface area contributed by atoms with E-state index in [9.17, 15) is 9.59 Å². The second-order valence-corrected chi connectivity index (χ2v) is 19.1. The Balaban J connectivity index is 0.000000247. The minimum absolute atomic E-state index is 0.110. The van der Waals surface area contributed by atoms with Gasteiger partial charge in [-0.3, -0.25) is 9.59 Å². The molecule has 0 heterocycles. The molecule has 6 rings (SSSR count). The van der Waals surface area contributed by atoms with E-state index in [0.29, 0.717) is 24.7 Å². The number of benzene rings is 4. The summed E-state index contributed by atoms with van der Waals surface area (Å²) in [6, 6.07) is 40.9. The zero-order valence-corrected chi connectivity index (χ0v) is 41.2. The van der Waals surface area contributed by atoms with Crippen LogP contribution in [0.5, 0.6) is 0 Å². The van der Waals surface area contributed by atoms with Crippen LogP contribution in [0.15, 0.2) is 109 Å². The molecule has 0 spiro atoms. The number of carbonyl (C=O) groups is 2. The first-order valence-corrected chi connectivity index (χ1v) is 28.4. The van der Waals surface area contributed by atoms with Crippen molar-refractivity contribution in [2.45, 2.75) is 131 Å². The summed E-state index contributed by atoms with van der Waals surface area (Å²) in [6.45, 7) is 17.2. The van der Waals surface area contributed by atoms with Crippen molar-refractivity contribution >= 4 is 57.9 Å². The molecule has 0 aromatic heterocycles. The molecule has 4 nitrogen and oxygen atoms in total. The first kappa shape index (κ1) is 50.9. The number of hydrogen-bond donors (Lipinski definition) is 2. The summed E-state index contributed by atoms with van der Waals surface area (Å²) in [5.74, 6) is 1.04. The predicted molar refractivity (Wildman–Crippen MR) is 259 cm³/mol. The number of nitrogens with one attached hydrogen (secondary N) is 2. The monoisotopic (exact) mass is 921 g/mol. The molecule has 8 heteroatoms. The van der Waals surface area contributed by atoms with Crippen LogP contribution >= 0.6 is 17.0 Å². The molecule has 6 aromatic rings. The second kappa shape index (κ2) is 28.2. The first-order valence-electron chi connectivity index (χ1n) is 22.0. The number of aryl methyl sites for hydroxylation is 2. The van der Waals surface area contributed by atoms with Crippen molar-refractivity contribution in [3.05, 3.63) is 131 Å². The van der Waals surface area contributed by atoms with Gasteiger partial charge in [0.25, 0.3) is 0 Å². The van der Waals surface area contributed by atoms with Crippen LogP contribution in [0, 0.1) is 0 Å². The average molecular weight is 924 g/mol. The maximum absolute atomic E-state index is 10.6. The minimum atomic E-state index is -0.826. The molecule has 0 aliphatic heterocycles. The van der Waals surface area contributed by atoms with E-state index in [1.54, 1.807) is 13.8 Å².